The normalized spacial score (nSPS) is 16.5. The van der Waals surface area contributed by atoms with Gasteiger partial charge < -0.3 is 19.9 Å². The molecule has 3 aromatic rings. The Bertz CT molecular complexity index is 1400. The molecule has 1 saturated carbocycles. The minimum Gasteiger partial charge on any atom is -0.478 e. The molecule has 1 aromatic heterocycles. The molecule has 238 valence electrons. The summed E-state index contributed by atoms with van der Waals surface area (Å²) in [7, 11) is 1.43. The van der Waals surface area contributed by atoms with Crippen LogP contribution in [0.5, 0.6) is 5.88 Å². The molecule has 0 aliphatic heterocycles. The second-order valence-electron chi connectivity index (χ2n) is 12.0. The summed E-state index contributed by atoms with van der Waals surface area (Å²) in [4.78, 5) is 33.4. The predicted molar refractivity (Wildman–Crippen MR) is 176 cm³/mol. The second kappa shape index (κ2) is 15.9. The van der Waals surface area contributed by atoms with Gasteiger partial charge in [0.1, 0.15) is 6.61 Å². The maximum atomic E-state index is 11.9. The van der Waals surface area contributed by atoms with Crippen LogP contribution in [0, 0.1) is 25.2 Å². The first kappa shape index (κ1) is 34.9. The van der Waals surface area contributed by atoms with E-state index in [0.717, 1.165) is 46.5 Å². The molecule has 1 unspecified atom stereocenters. The first-order valence-corrected chi connectivity index (χ1v) is 15.9. The number of aromatic nitrogens is 2. The van der Waals surface area contributed by atoms with Crippen LogP contribution in [0.3, 0.4) is 0 Å². The number of methoxy groups -OCH3 is 1. The zero-order chi connectivity index (χ0) is 32.4. The van der Waals surface area contributed by atoms with Crippen molar-refractivity contribution in [3.05, 3.63) is 65.2 Å². The second-order valence-corrected chi connectivity index (χ2v) is 12.9. The SMILES string of the molecule is CC.COC(=O)C1CC(NC(COc2cc(-c3c(C)cccc3C)nc(NSc3cccc(C(=O)O)c3)n2)CC(C)(C)C)C1. The van der Waals surface area contributed by atoms with E-state index in [-0.39, 0.29) is 34.9 Å². The van der Waals surface area contributed by atoms with Crippen molar-refractivity contribution in [2.75, 3.05) is 18.4 Å². The molecule has 9 nitrogen and oxygen atoms in total. The van der Waals surface area contributed by atoms with Gasteiger partial charge in [-0.25, -0.2) is 9.78 Å². The van der Waals surface area contributed by atoms with Gasteiger partial charge in [-0.2, -0.15) is 4.98 Å². The number of carbonyl (C=O) groups excluding carboxylic acids is 1. The number of ether oxygens (including phenoxy) is 2. The highest BCUT2D eigenvalue weighted by molar-refractivity contribution is 8.00. The zero-order valence-electron chi connectivity index (χ0n) is 27.1. The Morgan fingerprint density at radius 3 is 2.32 bits per heavy atom. The number of anilines is 1. The minimum absolute atomic E-state index is 0.0483. The zero-order valence-corrected chi connectivity index (χ0v) is 27.9. The van der Waals surface area contributed by atoms with Crippen molar-refractivity contribution < 1.29 is 24.2 Å². The number of carbonyl (C=O) groups is 2. The van der Waals surface area contributed by atoms with Crippen LogP contribution >= 0.6 is 11.9 Å². The standard InChI is InChI=1S/C32H40N4O5S.C2H6/c1-19-9-7-10-20(2)28(19)26-16-27(35-31(34-26)36-42-25-12-8-11-21(15-25)29(37)38)41-18-24(17-32(3,4)5)33-23-13-22(14-23)30(39)40-6;1-2/h7-12,15-16,22-24,33H,13-14,17-18H2,1-6H3,(H,37,38)(H,34,35,36);1-2H3. The fourth-order valence-electron chi connectivity index (χ4n) is 5.23. The van der Waals surface area contributed by atoms with Crippen LogP contribution in [0.15, 0.2) is 53.4 Å². The fraction of sp³-hybridized carbons (Fsp3) is 0.471. The molecule has 3 N–H and O–H groups in total. The molecule has 1 heterocycles. The van der Waals surface area contributed by atoms with E-state index in [1.807, 2.05) is 58.0 Å². The number of nitrogens with one attached hydrogen (secondary N) is 2. The quantitative estimate of drug-likeness (QED) is 0.140. The summed E-state index contributed by atoms with van der Waals surface area (Å²) >= 11 is 1.24. The highest BCUT2D eigenvalue weighted by Crippen LogP contribution is 2.32. The first-order chi connectivity index (χ1) is 20.9. The Balaban J connectivity index is 0.00000259. The summed E-state index contributed by atoms with van der Waals surface area (Å²) in [5, 5.41) is 13.0. The molecule has 10 heteroatoms. The van der Waals surface area contributed by atoms with Gasteiger partial charge in [0.15, 0.2) is 0 Å². The molecule has 0 saturated heterocycles. The topological polar surface area (TPSA) is 123 Å². The maximum Gasteiger partial charge on any atom is 0.335 e. The summed E-state index contributed by atoms with van der Waals surface area (Å²) < 4.78 is 14.4. The summed E-state index contributed by atoms with van der Waals surface area (Å²) in [6, 6.07) is 14.9. The Morgan fingerprint density at radius 2 is 1.70 bits per heavy atom. The number of aryl methyl sites for hydroxylation is 2. The lowest BCUT2D eigenvalue weighted by atomic mass is 9.79. The van der Waals surface area contributed by atoms with E-state index >= 15 is 0 Å². The number of rotatable bonds is 12. The highest BCUT2D eigenvalue weighted by Gasteiger charge is 2.37. The number of hydrogen-bond acceptors (Lipinski definition) is 9. The Hall–Kier alpha value is -3.63. The summed E-state index contributed by atoms with van der Waals surface area (Å²) in [5.74, 6) is -0.387. The van der Waals surface area contributed by atoms with Gasteiger partial charge in [0.05, 0.1) is 24.3 Å². The van der Waals surface area contributed by atoms with E-state index in [4.69, 9.17) is 14.5 Å². The van der Waals surface area contributed by atoms with Crippen LogP contribution in [0.4, 0.5) is 5.95 Å². The van der Waals surface area contributed by atoms with Crippen molar-refractivity contribution in [1.82, 2.24) is 15.3 Å². The first-order valence-electron chi connectivity index (χ1n) is 15.1. The highest BCUT2D eigenvalue weighted by atomic mass is 32.2. The average Bonchev–Trinajstić information content (AvgIpc) is 2.96. The number of esters is 1. The van der Waals surface area contributed by atoms with Crippen molar-refractivity contribution in [3.63, 3.8) is 0 Å². The molecular weight excluding hydrogens is 576 g/mol. The van der Waals surface area contributed by atoms with Crippen LogP contribution < -0.4 is 14.8 Å². The lowest BCUT2D eigenvalue weighted by Crippen LogP contribution is -2.51. The van der Waals surface area contributed by atoms with Crippen molar-refractivity contribution in [3.8, 4) is 17.1 Å². The van der Waals surface area contributed by atoms with Gasteiger partial charge in [0.25, 0.3) is 0 Å². The van der Waals surface area contributed by atoms with Gasteiger partial charge >= 0.3 is 11.9 Å². The molecule has 44 heavy (non-hydrogen) atoms. The van der Waals surface area contributed by atoms with E-state index in [1.165, 1.54) is 19.1 Å². The minimum atomic E-state index is -0.984. The molecule has 1 aliphatic rings. The molecule has 0 spiro atoms. The van der Waals surface area contributed by atoms with E-state index in [1.54, 1.807) is 18.2 Å². The lowest BCUT2D eigenvalue weighted by Gasteiger charge is -2.38. The van der Waals surface area contributed by atoms with Crippen molar-refractivity contribution in [1.29, 1.82) is 0 Å². The summed E-state index contributed by atoms with van der Waals surface area (Å²) in [6.07, 6.45) is 2.39. The molecule has 1 atom stereocenters. The summed E-state index contributed by atoms with van der Waals surface area (Å²) in [6.45, 7) is 15.1. The van der Waals surface area contributed by atoms with Crippen molar-refractivity contribution in [2.24, 2.45) is 11.3 Å². The number of carboxylic acid groups (broad SMARTS) is 1. The van der Waals surface area contributed by atoms with E-state index in [0.29, 0.717) is 18.4 Å². The number of nitrogens with zero attached hydrogens (tertiary/aromatic N) is 2. The van der Waals surface area contributed by atoms with E-state index in [2.05, 4.69) is 35.8 Å². The maximum absolute atomic E-state index is 11.9. The number of hydrogen-bond donors (Lipinski definition) is 3. The summed E-state index contributed by atoms with van der Waals surface area (Å²) in [5.41, 5.74) is 4.19. The number of benzene rings is 2. The molecule has 0 amide bonds. The molecular formula is C34H46N4O5S. The van der Waals surface area contributed by atoms with Gasteiger partial charge in [0.2, 0.25) is 11.8 Å². The average molecular weight is 623 g/mol. The number of carboxylic acids is 1. The lowest BCUT2D eigenvalue weighted by molar-refractivity contribution is -0.149. The molecule has 2 aromatic carbocycles. The molecule has 1 aliphatic carbocycles. The Kier molecular flexibility index (Phi) is 12.6. The van der Waals surface area contributed by atoms with Gasteiger partial charge in [-0.1, -0.05) is 58.9 Å². The Morgan fingerprint density at radius 1 is 1.05 bits per heavy atom. The van der Waals surface area contributed by atoms with E-state index in [9.17, 15) is 14.7 Å². The third kappa shape index (κ3) is 9.95. The van der Waals surface area contributed by atoms with Crippen LogP contribution in [-0.4, -0.2) is 52.8 Å². The molecule has 4 rings (SSSR count). The molecule has 0 radical (unpaired) electrons. The van der Waals surface area contributed by atoms with E-state index < -0.39 is 5.97 Å². The van der Waals surface area contributed by atoms with Crippen LogP contribution in [-0.2, 0) is 9.53 Å². The Labute approximate surface area is 265 Å². The molecule has 0 bridgehead atoms. The van der Waals surface area contributed by atoms with Crippen LogP contribution in [0.25, 0.3) is 11.3 Å². The third-order valence-electron chi connectivity index (χ3n) is 7.22. The smallest absolute Gasteiger partial charge is 0.335 e. The largest absolute Gasteiger partial charge is 0.478 e. The van der Waals surface area contributed by atoms with Crippen molar-refractivity contribution in [2.45, 2.75) is 84.7 Å². The van der Waals surface area contributed by atoms with Gasteiger partial charge in [-0.05, 0) is 79.8 Å². The van der Waals surface area contributed by atoms with Crippen LogP contribution in [0.1, 0.15) is 75.4 Å². The van der Waals surface area contributed by atoms with Gasteiger partial charge in [-0.15, -0.1) is 0 Å². The predicted octanol–water partition coefficient (Wildman–Crippen LogP) is 7.33. The monoisotopic (exact) mass is 622 g/mol. The van der Waals surface area contributed by atoms with Crippen LogP contribution in [0.2, 0.25) is 0 Å². The fourth-order valence-corrected chi connectivity index (χ4v) is 5.86. The van der Waals surface area contributed by atoms with Crippen molar-refractivity contribution >= 4 is 29.8 Å². The number of aromatic carboxylic acids is 1. The van der Waals surface area contributed by atoms with Gasteiger partial charge in [0, 0.05) is 28.6 Å². The molecule has 1 fully saturated rings. The van der Waals surface area contributed by atoms with Gasteiger partial charge in [-0.3, -0.25) is 9.52 Å². The third-order valence-corrected chi connectivity index (χ3v) is 7.99.